The highest BCUT2D eigenvalue weighted by atomic mass is 32.1. The van der Waals surface area contributed by atoms with Crippen molar-refractivity contribution in [2.75, 3.05) is 13.7 Å². The van der Waals surface area contributed by atoms with E-state index < -0.39 is 0 Å². The molecule has 1 rings (SSSR count). The van der Waals surface area contributed by atoms with Crippen LogP contribution in [0.15, 0.2) is 5.38 Å². The number of ether oxygens (including phenoxy) is 1. The van der Waals surface area contributed by atoms with Crippen molar-refractivity contribution < 1.29 is 4.74 Å². The van der Waals surface area contributed by atoms with Gasteiger partial charge in [-0.2, -0.15) is 0 Å². The second-order valence-corrected chi connectivity index (χ2v) is 4.80. The van der Waals surface area contributed by atoms with Crippen LogP contribution >= 0.6 is 11.3 Å². The lowest BCUT2D eigenvalue weighted by molar-refractivity contribution is 0.119. The molecule has 0 aliphatic rings. The molecule has 0 amide bonds. The monoisotopic (exact) mass is 228 g/mol. The maximum Gasteiger partial charge on any atom is 0.121 e. The summed E-state index contributed by atoms with van der Waals surface area (Å²) >= 11 is 1.68. The molecule has 1 atom stereocenters. The van der Waals surface area contributed by atoms with Gasteiger partial charge in [-0.05, 0) is 6.92 Å². The average Bonchev–Trinajstić information content (AvgIpc) is 2.65. The molecular weight excluding hydrogens is 208 g/mol. The van der Waals surface area contributed by atoms with Crippen molar-refractivity contribution in [2.24, 2.45) is 0 Å². The highest BCUT2D eigenvalue weighted by molar-refractivity contribution is 7.09. The maximum absolute atomic E-state index is 5.22. The van der Waals surface area contributed by atoms with Crippen molar-refractivity contribution in [2.45, 2.75) is 39.3 Å². The van der Waals surface area contributed by atoms with Gasteiger partial charge in [0.05, 0.1) is 5.69 Å². The summed E-state index contributed by atoms with van der Waals surface area (Å²) in [5.41, 5.74) is 1.16. The van der Waals surface area contributed by atoms with Gasteiger partial charge in [-0.15, -0.1) is 11.3 Å². The molecule has 0 fully saturated rings. The average molecular weight is 228 g/mol. The van der Waals surface area contributed by atoms with Gasteiger partial charge in [-0.25, -0.2) is 4.98 Å². The fourth-order valence-corrected chi connectivity index (χ4v) is 2.10. The summed E-state index contributed by atoms with van der Waals surface area (Å²) in [7, 11) is 1.71. The van der Waals surface area contributed by atoms with Crippen molar-refractivity contribution in [3.05, 3.63) is 16.1 Å². The molecule has 15 heavy (non-hydrogen) atoms. The zero-order chi connectivity index (χ0) is 11.3. The third kappa shape index (κ3) is 4.28. The number of aromatic nitrogens is 1. The van der Waals surface area contributed by atoms with Crippen LogP contribution in [0.2, 0.25) is 0 Å². The molecule has 0 saturated heterocycles. The largest absolute Gasteiger partial charge is 0.375 e. The van der Waals surface area contributed by atoms with Crippen LogP contribution < -0.4 is 5.32 Å². The summed E-state index contributed by atoms with van der Waals surface area (Å²) in [5.74, 6) is 0. The van der Waals surface area contributed by atoms with E-state index in [0.717, 1.165) is 23.7 Å². The molecule has 0 aliphatic carbocycles. The molecule has 0 bridgehead atoms. The first kappa shape index (κ1) is 12.6. The van der Waals surface area contributed by atoms with Crippen LogP contribution in [0, 0.1) is 0 Å². The number of hydrogen-bond donors (Lipinski definition) is 1. The summed E-state index contributed by atoms with van der Waals surface area (Å²) in [6.07, 6.45) is 1.10. The van der Waals surface area contributed by atoms with E-state index in [1.54, 1.807) is 18.4 Å². The lowest BCUT2D eigenvalue weighted by Gasteiger charge is -2.06. The zero-order valence-electron chi connectivity index (χ0n) is 9.91. The van der Waals surface area contributed by atoms with Crippen LogP contribution in [0.5, 0.6) is 0 Å². The Morgan fingerprint density at radius 1 is 1.47 bits per heavy atom. The summed E-state index contributed by atoms with van der Waals surface area (Å²) in [5, 5.41) is 6.56. The molecule has 0 aliphatic heterocycles. The first-order valence-corrected chi connectivity index (χ1v) is 6.22. The summed E-state index contributed by atoms with van der Waals surface area (Å²) in [6.45, 7) is 7.32. The number of rotatable bonds is 6. The quantitative estimate of drug-likeness (QED) is 0.812. The number of nitrogens with zero attached hydrogens (tertiary/aromatic N) is 1. The first-order valence-electron chi connectivity index (χ1n) is 5.34. The minimum absolute atomic E-state index is 0.113. The third-order valence-corrected chi connectivity index (χ3v) is 3.26. The predicted octanol–water partition coefficient (Wildman–Crippen LogP) is 2.39. The molecular formula is C11H20N2OS. The zero-order valence-corrected chi connectivity index (χ0v) is 10.7. The molecule has 1 aromatic heterocycles. The molecule has 1 unspecified atom stereocenters. The maximum atomic E-state index is 5.22. The Hall–Kier alpha value is -0.450. The number of thiazole rings is 1. The smallest absolute Gasteiger partial charge is 0.121 e. The Labute approximate surface area is 95.9 Å². The van der Waals surface area contributed by atoms with E-state index in [1.807, 2.05) is 6.92 Å². The van der Waals surface area contributed by atoms with Crippen molar-refractivity contribution in [3.8, 4) is 0 Å². The molecule has 4 heteroatoms. The van der Waals surface area contributed by atoms with E-state index in [9.17, 15) is 0 Å². The number of hydrogen-bond acceptors (Lipinski definition) is 4. The lowest BCUT2D eigenvalue weighted by atomic mass is 10.3. The molecule has 0 saturated carbocycles. The lowest BCUT2D eigenvalue weighted by Crippen LogP contribution is -2.25. The van der Waals surface area contributed by atoms with Gasteiger partial charge < -0.3 is 10.1 Å². The van der Waals surface area contributed by atoms with Gasteiger partial charge in [-0.1, -0.05) is 13.8 Å². The van der Waals surface area contributed by atoms with Gasteiger partial charge in [0.2, 0.25) is 0 Å². The predicted molar refractivity (Wildman–Crippen MR) is 64.4 cm³/mol. The Morgan fingerprint density at radius 3 is 2.80 bits per heavy atom. The Kier molecular flexibility index (Phi) is 5.22. The van der Waals surface area contributed by atoms with Crippen LogP contribution in [-0.2, 0) is 11.2 Å². The molecule has 0 radical (unpaired) electrons. The number of methoxy groups -OCH3 is 1. The number of nitrogens with one attached hydrogen (secondary N) is 1. The summed E-state index contributed by atoms with van der Waals surface area (Å²) in [4.78, 5) is 4.53. The van der Waals surface area contributed by atoms with Gasteiger partial charge >= 0.3 is 0 Å². The van der Waals surface area contributed by atoms with Crippen LogP contribution in [0.3, 0.4) is 0 Å². The molecule has 0 aromatic carbocycles. The summed E-state index contributed by atoms with van der Waals surface area (Å²) < 4.78 is 5.22. The Bertz CT molecular complexity index is 286. The Morgan fingerprint density at radius 2 is 2.20 bits per heavy atom. The van der Waals surface area contributed by atoms with Gasteiger partial charge in [0.1, 0.15) is 11.1 Å². The normalized spacial score (nSPS) is 13.4. The van der Waals surface area contributed by atoms with E-state index >= 15 is 0 Å². The van der Waals surface area contributed by atoms with Gasteiger partial charge in [-0.3, -0.25) is 0 Å². The van der Waals surface area contributed by atoms with E-state index in [4.69, 9.17) is 4.74 Å². The second-order valence-electron chi connectivity index (χ2n) is 3.91. The second kappa shape index (κ2) is 6.20. The molecule has 0 spiro atoms. The summed E-state index contributed by atoms with van der Waals surface area (Å²) in [6, 6.07) is 0.543. The minimum atomic E-state index is 0.113. The molecule has 1 N–H and O–H groups in total. The van der Waals surface area contributed by atoms with Crippen molar-refractivity contribution in [3.63, 3.8) is 0 Å². The fourth-order valence-electron chi connectivity index (χ4n) is 1.21. The fraction of sp³-hybridized carbons (Fsp3) is 0.727. The Balaban J connectivity index is 2.39. The van der Waals surface area contributed by atoms with Crippen LogP contribution in [0.1, 0.15) is 37.6 Å². The van der Waals surface area contributed by atoms with Crippen molar-refractivity contribution in [1.29, 1.82) is 0 Å². The highest BCUT2D eigenvalue weighted by Crippen LogP contribution is 2.20. The van der Waals surface area contributed by atoms with Crippen molar-refractivity contribution >= 4 is 11.3 Å². The SMILES string of the molecule is COC(C)c1nc(CCNC(C)C)cs1. The van der Waals surface area contributed by atoms with Crippen molar-refractivity contribution in [1.82, 2.24) is 10.3 Å². The molecule has 3 nitrogen and oxygen atoms in total. The van der Waals surface area contributed by atoms with Crippen LogP contribution in [-0.4, -0.2) is 24.7 Å². The van der Waals surface area contributed by atoms with E-state index in [0.29, 0.717) is 6.04 Å². The van der Waals surface area contributed by atoms with E-state index in [-0.39, 0.29) is 6.10 Å². The van der Waals surface area contributed by atoms with Crippen LogP contribution in [0.4, 0.5) is 0 Å². The first-order chi connectivity index (χ1) is 7.13. The van der Waals surface area contributed by atoms with E-state index in [1.165, 1.54) is 0 Å². The topological polar surface area (TPSA) is 34.1 Å². The molecule has 1 heterocycles. The van der Waals surface area contributed by atoms with Gasteiger partial charge in [0, 0.05) is 31.5 Å². The molecule has 1 aromatic rings. The third-order valence-electron chi connectivity index (χ3n) is 2.20. The minimum Gasteiger partial charge on any atom is -0.375 e. The van der Waals surface area contributed by atoms with Crippen LogP contribution in [0.25, 0.3) is 0 Å². The standard InChI is InChI=1S/C11H20N2OS/c1-8(2)12-6-5-10-7-15-11(13-10)9(3)14-4/h7-9,12H,5-6H2,1-4H3. The van der Waals surface area contributed by atoms with Gasteiger partial charge in [0.15, 0.2) is 0 Å². The highest BCUT2D eigenvalue weighted by Gasteiger charge is 2.08. The van der Waals surface area contributed by atoms with E-state index in [2.05, 4.69) is 29.5 Å². The van der Waals surface area contributed by atoms with Gasteiger partial charge in [0.25, 0.3) is 0 Å². The molecule has 86 valence electrons.